The molecule has 0 amide bonds. The topological polar surface area (TPSA) is 107 Å². The molecule has 0 aliphatic carbocycles. The third kappa shape index (κ3) is 2.47. The lowest BCUT2D eigenvalue weighted by Gasteiger charge is -2.18. The molecule has 0 bridgehead atoms. The van der Waals surface area contributed by atoms with Crippen LogP contribution in [-0.4, -0.2) is 40.1 Å². The Hall–Kier alpha value is -1.41. The van der Waals surface area contributed by atoms with Gasteiger partial charge >= 0.3 is 0 Å². The standard InChI is InChI=1S/C9H15N5O2S/c10-9-12-7-6(8(16)13-9)11-4-14(7)2-1-5(17)3-15/h5,11,15,17H,1-4H2,(H3,10,12,13,16). The first-order valence-electron chi connectivity index (χ1n) is 5.29. The van der Waals surface area contributed by atoms with Crippen molar-refractivity contribution in [1.29, 1.82) is 0 Å². The van der Waals surface area contributed by atoms with Crippen molar-refractivity contribution >= 4 is 30.1 Å². The van der Waals surface area contributed by atoms with Crippen LogP contribution in [0, 0.1) is 0 Å². The Morgan fingerprint density at radius 3 is 3.12 bits per heavy atom. The molecule has 0 spiro atoms. The number of thiol groups is 1. The van der Waals surface area contributed by atoms with Crippen molar-refractivity contribution in [2.45, 2.75) is 11.7 Å². The second kappa shape index (κ2) is 4.84. The fourth-order valence-corrected chi connectivity index (χ4v) is 1.81. The minimum absolute atomic E-state index is 0.0299. The van der Waals surface area contributed by atoms with E-state index < -0.39 is 0 Å². The van der Waals surface area contributed by atoms with Crippen LogP contribution < -0.4 is 21.5 Å². The summed E-state index contributed by atoms with van der Waals surface area (Å²) in [6, 6.07) is 0. The van der Waals surface area contributed by atoms with Crippen molar-refractivity contribution in [3.63, 3.8) is 0 Å². The normalized spacial score (nSPS) is 15.5. The van der Waals surface area contributed by atoms with E-state index in [0.29, 0.717) is 31.1 Å². The summed E-state index contributed by atoms with van der Waals surface area (Å²) in [6.07, 6.45) is 0.703. The quantitative estimate of drug-likeness (QED) is 0.453. The van der Waals surface area contributed by atoms with Gasteiger partial charge in [-0.15, -0.1) is 0 Å². The van der Waals surface area contributed by atoms with E-state index in [4.69, 9.17) is 10.8 Å². The van der Waals surface area contributed by atoms with Crippen LogP contribution in [0.4, 0.5) is 17.5 Å². The van der Waals surface area contributed by atoms with E-state index in [-0.39, 0.29) is 23.4 Å². The molecule has 0 saturated carbocycles. The van der Waals surface area contributed by atoms with Gasteiger partial charge in [0.05, 0.1) is 13.3 Å². The third-order valence-corrected chi connectivity index (χ3v) is 3.03. The Labute approximate surface area is 103 Å². The monoisotopic (exact) mass is 257 g/mol. The SMILES string of the molecule is Nc1nc2c(c(=O)[nH]1)NCN2CCC(S)CO. The number of hydrogen-bond acceptors (Lipinski definition) is 7. The third-order valence-electron chi connectivity index (χ3n) is 2.61. The highest BCUT2D eigenvalue weighted by Gasteiger charge is 2.23. The zero-order chi connectivity index (χ0) is 12.4. The highest BCUT2D eigenvalue weighted by Crippen LogP contribution is 2.25. The maximum absolute atomic E-state index is 11.6. The average Bonchev–Trinajstić information content (AvgIpc) is 2.69. The molecule has 0 saturated heterocycles. The number of nitrogens with one attached hydrogen (secondary N) is 2. The lowest BCUT2D eigenvalue weighted by atomic mass is 10.3. The zero-order valence-corrected chi connectivity index (χ0v) is 10.1. The summed E-state index contributed by atoms with van der Waals surface area (Å²) < 4.78 is 0. The van der Waals surface area contributed by atoms with Gasteiger partial charge < -0.3 is 21.1 Å². The molecule has 2 rings (SSSR count). The Kier molecular flexibility index (Phi) is 3.43. The van der Waals surface area contributed by atoms with E-state index in [0.717, 1.165) is 0 Å². The lowest BCUT2D eigenvalue weighted by Crippen LogP contribution is -2.27. The summed E-state index contributed by atoms with van der Waals surface area (Å²) in [4.78, 5) is 20.0. The number of nitrogen functional groups attached to an aromatic ring is 1. The molecule has 7 nitrogen and oxygen atoms in total. The zero-order valence-electron chi connectivity index (χ0n) is 9.18. The maximum Gasteiger partial charge on any atom is 0.277 e. The number of aliphatic hydroxyl groups excluding tert-OH is 1. The number of anilines is 3. The van der Waals surface area contributed by atoms with Gasteiger partial charge in [0.25, 0.3) is 5.56 Å². The molecule has 5 N–H and O–H groups in total. The van der Waals surface area contributed by atoms with Crippen molar-refractivity contribution in [3.05, 3.63) is 10.4 Å². The molecule has 1 aliphatic rings. The van der Waals surface area contributed by atoms with Gasteiger partial charge in [-0.1, -0.05) is 0 Å². The van der Waals surface area contributed by atoms with Crippen LogP contribution in [0.2, 0.25) is 0 Å². The first-order chi connectivity index (χ1) is 8.11. The molecular weight excluding hydrogens is 242 g/mol. The van der Waals surface area contributed by atoms with Crippen LogP contribution in [0.15, 0.2) is 4.79 Å². The van der Waals surface area contributed by atoms with Crippen molar-refractivity contribution in [1.82, 2.24) is 9.97 Å². The molecule has 0 fully saturated rings. The Morgan fingerprint density at radius 2 is 2.41 bits per heavy atom. The highest BCUT2D eigenvalue weighted by atomic mass is 32.1. The molecule has 1 aromatic rings. The average molecular weight is 257 g/mol. The van der Waals surface area contributed by atoms with E-state index in [1.54, 1.807) is 0 Å². The largest absolute Gasteiger partial charge is 0.395 e. The Bertz CT molecular complexity index is 463. The first-order valence-corrected chi connectivity index (χ1v) is 5.81. The molecular formula is C9H15N5O2S. The number of fused-ring (bicyclic) bond motifs is 1. The molecule has 94 valence electrons. The molecule has 2 heterocycles. The summed E-state index contributed by atoms with van der Waals surface area (Å²) >= 11 is 4.20. The van der Waals surface area contributed by atoms with Crippen LogP contribution in [-0.2, 0) is 0 Å². The van der Waals surface area contributed by atoms with Gasteiger partial charge in [-0.3, -0.25) is 9.78 Å². The minimum Gasteiger partial charge on any atom is -0.395 e. The Balaban J connectivity index is 2.14. The first kappa shape index (κ1) is 12.1. The predicted molar refractivity (Wildman–Crippen MR) is 69.6 cm³/mol. The summed E-state index contributed by atoms with van der Waals surface area (Å²) in [5, 5.41) is 11.8. The number of rotatable bonds is 4. The number of nitrogens with zero attached hydrogens (tertiary/aromatic N) is 2. The second-order valence-electron chi connectivity index (χ2n) is 3.87. The van der Waals surface area contributed by atoms with Gasteiger partial charge in [0.2, 0.25) is 5.95 Å². The summed E-state index contributed by atoms with van der Waals surface area (Å²) in [5.74, 6) is 0.664. The maximum atomic E-state index is 11.6. The fraction of sp³-hybridized carbons (Fsp3) is 0.556. The van der Waals surface area contributed by atoms with Gasteiger partial charge in [0, 0.05) is 11.8 Å². The van der Waals surface area contributed by atoms with Gasteiger partial charge in [0.15, 0.2) is 5.82 Å². The van der Waals surface area contributed by atoms with E-state index in [9.17, 15) is 4.79 Å². The van der Waals surface area contributed by atoms with Gasteiger partial charge in [-0.25, -0.2) is 0 Å². The van der Waals surface area contributed by atoms with E-state index in [1.165, 1.54) is 0 Å². The molecule has 1 aromatic heterocycles. The number of H-pyrrole nitrogens is 1. The Morgan fingerprint density at radius 1 is 1.65 bits per heavy atom. The summed E-state index contributed by atoms with van der Waals surface area (Å²) in [6.45, 7) is 1.20. The van der Waals surface area contributed by atoms with E-state index in [1.807, 2.05) is 4.90 Å². The van der Waals surface area contributed by atoms with Crippen LogP contribution in [0.1, 0.15) is 6.42 Å². The van der Waals surface area contributed by atoms with Crippen molar-refractivity contribution in [2.75, 3.05) is 35.8 Å². The van der Waals surface area contributed by atoms with Crippen LogP contribution in [0.25, 0.3) is 0 Å². The van der Waals surface area contributed by atoms with Crippen molar-refractivity contribution < 1.29 is 5.11 Å². The summed E-state index contributed by atoms with van der Waals surface area (Å²) in [5.41, 5.74) is 5.68. The van der Waals surface area contributed by atoms with Crippen molar-refractivity contribution in [3.8, 4) is 0 Å². The fourth-order valence-electron chi connectivity index (χ4n) is 1.70. The molecule has 0 radical (unpaired) electrons. The minimum atomic E-state index is -0.264. The molecule has 1 aliphatic heterocycles. The molecule has 8 heteroatoms. The number of aliphatic hydroxyl groups is 1. The van der Waals surface area contributed by atoms with Crippen LogP contribution in [0.5, 0.6) is 0 Å². The number of nitrogens with two attached hydrogens (primary N) is 1. The van der Waals surface area contributed by atoms with Gasteiger partial charge in [-0.05, 0) is 6.42 Å². The second-order valence-corrected chi connectivity index (χ2v) is 4.60. The van der Waals surface area contributed by atoms with E-state index in [2.05, 4.69) is 27.9 Å². The number of hydrogen-bond donors (Lipinski definition) is 5. The van der Waals surface area contributed by atoms with Gasteiger partial charge in [0.1, 0.15) is 5.69 Å². The van der Waals surface area contributed by atoms with Crippen LogP contribution in [0.3, 0.4) is 0 Å². The smallest absolute Gasteiger partial charge is 0.277 e. The highest BCUT2D eigenvalue weighted by molar-refractivity contribution is 7.81. The molecule has 1 atom stereocenters. The lowest BCUT2D eigenvalue weighted by molar-refractivity contribution is 0.291. The number of aromatic amines is 1. The van der Waals surface area contributed by atoms with E-state index >= 15 is 0 Å². The number of aromatic nitrogens is 2. The van der Waals surface area contributed by atoms with Gasteiger partial charge in [-0.2, -0.15) is 17.6 Å². The summed E-state index contributed by atoms with van der Waals surface area (Å²) in [7, 11) is 0. The predicted octanol–water partition coefficient (Wildman–Crippen LogP) is -0.778. The van der Waals surface area contributed by atoms with Crippen LogP contribution >= 0.6 is 12.6 Å². The molecule has 0 aromatic carbocycles. The molecule has 17 heavy (non-hydrogen) atoms. The van der Waals surface area contributed by atoms with Crippen molar-refractivity contribution in [2.24, 2.45) is 0 Å². The molecule has 1 unspecified atom stereocenters.